The summed E-state index contributed by atoms with van der Waals surface area (Å²) in [6, 6.07) is 0. The first kappa shape index (κ1) is 17.0. The normalized spacial score (nSPS) is 9.25. The molecule has 0 fully saturated rings. The zero-order valence-electron chi connectivity index (χ0n) is 10.8. The van der Waals surface area contributed by atoms with Gasteiger partial charge in [0.15, 0.2) is 0 Å². The Bertz CT molecular complexity index is 239. The maximum absolute atomic E-state index is 10.7. The number of carbonyl (C=O) groups is 2. The Hall–Kier alpha value is -1.46. The van der Waals surface area contributed by atoms with Gasteiger partial charge in [-0.25, -0.2) is 0 Å². The van der Waals surface area contributed by atoms with Crippen molar-refractivity contribution in [2.75, 3.05) is 14.1 Å². The first-order valence-electron chi connectivity index (χ1n) is 5.10. The Labute approximate surface area is 96.3 Å². The largest absolute Gasteiger partial charge is 0.359 e. The zero-order chi connectivity index (χ0) is 13.3. The third-order valence-corrected chi connectivity index (χ3v) is 1.71. The summed E-state index contributed by atoms with van der Waals surface area (Å²) in [7, 11) is 2.98. The third kappa shape index (κ3) is 7.90. The Balaban J connectivity index is 0. The van der Waals surface area contributed by atoms with E-state index in [1.165, 1.54) is 7.05 Å². The molecule has 0 radical (unpaired) electrons. The van der Waals surface area contributed by atoms with Gasteiger partial charge in [-0.1, -0.05) is 27.7 Å². The van der Waals surface area contributed by atoms with Crippen LogP contribution in [0.1, 0.15) is 27.7 Å². The molecule has 0 atom stereocenters. The molecule has 0 heterocycles. The van der Waals surface area contributed by atoms with E-state index < -0.39 is 0 Å². The van der Waals surface area contributed by atoms with Gasteiger partial charge in [0.2, 0.25) is 11.8 Å². The van der Waals surface area contributed by atoms with E-state index in [1.54, 1.807) is 20.9 Å². The van der Waals surface area contributed by atoms with Gasteiger partial charge in [-0.05, 0) is 0 Å². The maximum atomic E-state index is 10.7. The summed E-state index contributed by atoms with van der Waals surface area (Å²) in [6.45, 7) is 7.14. The van der Waals surface area contributed by atoms with Crippen molar-refractivity contribution in [1.82, 2.24) is 10.3 Å². The Morgan fingerprint density at radius 2 is 1.56 bits per heavy atom. The van der Waals surface area contributed by atoms with Gasteiger partial charge in [0, 0.05) is 25.9 Å². The number of rotatable bonds is 3. The summed E-state index contributed by atoms with van der Waals surface area (Å²) in [5, 5.41) is 5.77. The van der Waals surface area contributed by atoms with E-state index >= 15 is 0 Å². The van der Waals surface area contributed by atoms with E-state index in [4.69, 9.17) is 0 Å². The fraction of sp³-hybridized carbons (Fsp3) is 0.800. The Morgan fingerprint density at radius 3 is 1.62 bits per heavy atom. The molecule has 0 rings (SSSR count). The second kappa shape index (κ2) is 8.82. The van der Waals surface area contributed by atoms with Gasteiger partial charge in [-0.2, -0.15) is 5.01 Å². The molecule has 0 aromatic rings. The molecule has 0 aromatic carbocycles. The molecule has 0 aromatic heterocycles. The van der Waals surface area contributed by atoms with Gasteiger partial charge in [0.1, 0.15) is 0 Å². The lowest BCUT2D eigenvalue weighted by atomic mass is 10.2. The van der Waals surface area contributed by atoms with Crippen LogP contribution in [0.5, 0.6) is 0 Å². The summed E-state index contributed by atoms with van der Waals surface area (Å²) in [6.07, 6.45) is 0. The first-order chi connectivity index (χ1) is 7.27. The van der Waals surface area contributed by atoms with E-state index in [1.807, 2.05) is 13.8 Å². The van der Waals surface area contributed by atoms with Crippen LogP contribution in [0.15, 0.2) is 5.29 Å². The van der Waals surface area contributed by atoms with Crippen molar-refractivity contribution < 1.29 is 9.59 Å². The highest BCUT2D eigenvalue weighted by Gasteiger charge is 2.11. The molecule has 1 N–H and O–H groups in total. The second-order valence-electron chi connectivity index (χ2n) is 3.87. The Morgan fingerprint density at radius 1 is 1.12 bits per heavy atom. The van der Waals surface area contributed by atoms with Crippen LogP contribution in [0.25, 0.3) is 0 Å². The zero-order valence-corrected chi connectivity index (χ0v) is 10.8. The van der Waals surface area contributed by atoms with Gasteiger partial charge < -0.3 is 5.32 Å². The summed E-state index contributed by atoms with van der Waals surface area (Å²) in [5.41, 5.74) is 0. The summed E-state index contributed by atoms with van der Waals surface area (Å²) >= 11 is 0. The van der Waals surface area contributed by atoms with E-state index in [0.717, 1.165) is 5.01 Å². The van der Waals surface area contributed by atoms with Crippen LogP contribution in [-0.4, -0.2) is 30.9 Å². The number of carbonyl (C=O) groups excluding carboxylic acids is 2. The fourth-order valence-corrected chi connectivity index (χ4v) is 0.703. The molecule has 0 aliphatic carbocycles. The van der Waals surface area contributed by atoms with E-state index in [2.05, 4.69) is 10.6 Å². The van der Waals surface area contributed by atoms with Crippen LogP contribution in [-0.2, 0) is 9.59 Å². The lowest BCUT2D eigenvalue weighted by Gasteiger charge is -2.07. The van der Waals surface area contributed by atoms with Gasteiger partial charge >= 0.3 is 0 Å². The highest BCUT2D eigenvalue weighted by atomic mass is 16.3. The molecular weight excluding hydrogens is 210 g/mol. The van der Waals surface area contributed by atoms with E-state index in [0.29, 0.717) is 0 Å². The van der Waals surface area contributed by atoms with Crippen molar-refractivity contribution in [3.8, 4) is 0 Å². The molecule has 0 aliphatic rings. The van der Waals surface area contributed by atoms with Crippen LogP contribution in [0, 0.1) is 16.7 Å². The molecule has 0 bridgehead atoms. The van der Waals surface area contributed by atoms with E-state index in [-0.39, 0.29) is 23.7 Å². The molecule has 0 saturated carbocycles. The molecule has 0 aliphatic heterocycles. The summed E-state index contributed by atoms with van der Waals surface area (Å²) in [4.78, 5) is 30.8. The SMILES string of the molecule is CC(C)C(=O)N(C)N=O.CNC(=O)C(C)C. The maximum Gasteiger partial charge on any atom is 0.247 e. The summed E-state index contributed by atoms with van der Waals surface area (Å²) < 4.78 is 0. The number of hydrogen-bond donors (Lipinski definition) is 1. The molecule has 94 valence electrons. The van der Waals surface area contributed by atoms with Crippen LogP contribution in [0.3, 0.4) is 0 Å². The topological polar surface area (TPSA) is 78.8 Å². The number of nitrogens with zero attached hydrogens (tertiary/aromatic N) is 2. The highest BCUT2D eigenvalue weighted by Crippen LogP contribution is 1.97. The predicted octanol–water partition coefficient (Wildman–Crippen LogP) is 1.17. The highest BCUT2D eigenvalue weighted by molar-refractivity contribution is 5.77. The first-order valence-corrected chi connectivity index (χ1v) is 5.10. The lowest BCUT2D eigenvalue weighted by molar-refractivity contribution is -0.133. The van der Waals surface area contributed by atoms with Crippen LogP contribution < -0.4 is 5.32 Å². The fourth-order valence-electron chi connectivity index (χ4n) is 0.703. The van der Waals surface area contributed by atoms with Crippen molar-refractivity contribution >= 4 is 11.8 Å². The van der Waals surface area contributed by atoms with Crippen molar-refractivity contribution in [2.24, 2.45) is 17.1 Å². The molecule has 6 heteroatoms. The molecule has 16 heavy (non-hydrogen) atoms. The van der Waals surface area contributed by atoms with Crippen molar-refractivity contribution in [1.29, 1.82) is 0 Å². The van der Waals surface area contributed by atoms with Gasteiger partial charge in [-0.3, -0.25) is 9.59 Å². The molecule has 0 saturated heterocycles. The average molecular weight is 231 g/mol. The number of nitrogens with one attached hydrogen (secondary N) is 1. The minimum absolute atomic E-state index is 0.0972. The average Bonchev–Trinajstić information content (AvgIpc) is 2.26. The molecule has 6 nitrogen and oxygen atoms in total. The van der Waals surface area contributed by atoms with Crippen molar-refractivity contribution in [3.05, 3.63) is 4.91 Å². The van der Waals surface area contributed by atoms with Gasteiger partial charge in [0.05, 0.1) is 5.29 Å². The van der Waals surface area contributed by atoms with Crippen LogP contribution in [0.2, 0.25) is 0 Å². The van der Waals surface area contributed by atoms with Crippen molar-refractivity contribution in [3.63, 3.8) is 0 Å². The number of amides is 2. The van der Waals surface area contributed by atoms with Crippen molar-refractivity contribution in [2.45, 2.75) is 27.7 Å². The standard InChI is InChI=1S/C5H10N2O2.C5H11NO/c1-4(2)5(8)7(3)6-9;1-4(2)5(7)6-3/h4H,1-3H3;4H,1-3H3,(H,6,7). The molecular formula is C10H21N3O3. The monoisotopic (exact) mass is 231 g/mol. The van der Waals surface area contributed by atoms with Gasteiger partial charge in [0.25, 0.3) is 0 Å². The number of nitroso groups, excluding NO2 is 1. The number of hydrogen-bond acceptors (Lipinski definition) is 4. The minimum atomic E-state index is -0.259. The lowest BCUT2D eigenvalue weighted by Crippen LogP contribution is -2.24. The van der Waals surface area contributed by atoms with Crippen LogP contribution in [0.4, 0.5) is 0 Å². The summed E-state index contributed by atoms with van der Waals surface area (Å²) in [5.74, 6) is -0.206. The smallest absolute Gasteiger partial charge is 0.247 e. The minimum Gasteiger partial charge on any atom is -0.359 e. The predicted molar refractivity (Wildman–Crippen MR) is 62.3 cm³/mol. The quantitative estimate of drug-likeness (QED) is 0.585. The van der Waals surface area contributed by atoms with Crippen LogP contribution >= 0.6 is 0 Å². The third-order valence-electron chi connectivity index (χ3n) is 1.71. The molecule has 2 amide bonds. The second-order valence-corrected chi connectivity index (χ2v) is 3.87. The van der Waals surface area contributed by atoms with E-state index in [9.17, 15) is 14.5 Å². The molecule has 0 spiro atoms. The molecule has 0 unspecified atom stereocenters. The van der Waals surface area contributed by atoms with Gasteiger partial charge in [-0.15, -0.1) is 4.91 Å². The Kier molecular flexibility index (Phi) is 9.34.